The summed E-state index contributed by atoms with van der Waals surface area (Å²) in [7, 11) is 0. The Morgan fingerprint density at radius 2 is 1.81 bits per heavy atom. The second-order valence-corrected chi connectivity index (χ2v) is 8.52. The zero-order valence-electron chi connectivity index (χ0n) is 17.5. The summed E-state index contributed by atoms with van der Waals surface area (Å²) in [6.45, 7) is 12.6. The molecule has 4 atom stereocenters. The molecule has 5 heteroatoms. The Morgan fingerprint density at radius 3 is 2.37 bits per heavy atom. The summed E-state index contributed by atoms with van der Waals surface area (Å²) >= 11 is 0. The van der Waals surface area contributed by atoms with E-state index >= 15 is 0 Å². The molecule has 2 aliphatic rings. The highest BCUT2D eigenvalue weighted by Crippen LogP contribution is 2.47. The van der Waals surface area contributed by atoms with Gasteiger partial charge in [0.1, 0.15) is 11.7 Å². The van der Waals surface area contributed by atoms with Crippen LogP contribution in [-0.4, -0.2) is 29.4 Å². The molecule has 0 saturated heterocycles. The molecule has 0 aromatic rings. The first kappa shape index (κ1) is 21.4. The van der Waals surface area contributed by atoms with Crippen molar-refractivity contribution in [1.82, 2.24) is 0 Å². The smallest absolute Gasteiger partial charge is 0.333 e. The lowest BCUT2D eigenvalue weighted by Crippen LogP contribution is -2.44. The third kappa shape index (κ3) is 4.50. The molecule has 150 valence electrons. The van der Waals surface area contributed by atoms with Crippen LogP contribution in [0.25, 0.3) is 0 Å². The topological polar surface area (TPSA) is 69.7 Å². The molecule has 0 aromatic carbocycles. The molecule has 0 spiro atoms. The largest absolute Gasteiger partial charge is 0.459 e. The van der Waals surface area contributed by atoms with Crippen LogP contribution in [0.1, 0.15) is 67.7 Å². The molecule has 0 unspecified atom stereocenters. The number of ether oxygens (including phenoxy) is 2. The van der Waals surface area contributed by atoms with Crippen molar-refractivity contribution in [2.24, 2.45) is 17.8 Å². The number of carbonyl (C=O) groups is 3. The molecule has 0 bridgehead atoms. The molecule has 2 rings (SSSR count). The number of hydrogen-bond acceptors (Lipinski definition) is 5. The molecule has 0 N–H and O–H groups in total. The number of esters is 2. The van der Waals surface area contributed by atoms with Gasteiger partial charge in [0.05, 0.1) is 0 Å². The Kier molecular flexibility index (Phi) is 6.33. The second-order valence-electron chi connectivity index (χ2n) is 8.52. The van der Waals surface area contributed by atoms with Crippen LogP contribution in [0.3, 0.4) is 0 Å². The van der Waals surface area contributed by atoms with Gasteiger partial charge in [0.2, 0.25) is 0 Å². The van der Waals surface area contributed by atoms with Gasteiger partial charge in [0.15, 0.2) is 5.78 Å². The summed E-state index contributed by atoms with van der Waals surface area (Å²) < 4.78 is 11.5. The zero-order valence-corrected chi connectivity index (χ0v) is 17.5. The van der Waals surface area contributed by atoms with Gasteiger partial charge < -0.3 is 9.47 Å². The second kappa shape index (κ2) is 7.99. The van der Waals surface area contributed by atoms with Gasteiger partial charge in [0.25, 0.3) is 0 Å². The van der Waals surface area contributed by atoms with E-state index in [1.807, 2.05) is 20.8 Å². The van der Waals surface area contributed by atoms with Gasteiger partial charge in [-0.3, -0.25) is 9.59 Å². The van der Waals surface area contributed by atoms with E-state index < -0.39 is 5.60 Å². The first-order valence-electron chi connectivity index (χ1n) is 9.74. The molecular formula is C22H32O5. The van der Waals surface area contributed by atoms with Crippen molar-refractivity contribution in [3.05, 3.63) is 22.8 Å². The lowest BCUT2D eigenvalue weighted by atomic mass is 9.80. The van der Waals surface area contributed by atoms with Crippen LogP contribution in [0.2, 0.25) is 0 Å². The van der Waals surface area contributed by atoms with E-state index in [0.717, 1.165) is 11.1 Å². The first-order chi connectivity index (χ1) is 12.5. The van der Waals surface area contributed by atoms with Crippen molar-refractivity contribution in [2.45, 2.75) is 79.4 Å². The number of fused-ring (bicyclic) bond motifs is 1. The van der Waals surface area contributed by atoms with E-state index in [2.05, 4.69) is 6.92 Å². The molecule has 0 radical (unpaired) electrons. The molecule has 1 fully saturated rings. The van der Waals surface area contributed by atoms with Crippen LogP contribution in [0, 0.1) is 17.8 Å². The highest BCUT2D eigenvalue weighted by atomic mass is 16.6. The minimum atomic E-state index is -0.811. The Labute approximate surface area is 162 Å². The Balaban J connectivity index is 2.44. The van der Waals surface area contributed by atoms with E-state index in [0.29, 0.717) is 24.8 Å². The number of Topliss-reactive ketones (excluding diaryl/α,β-unsaturated/α-hetero) is 1. The maximum atomic E-state index is 12.5. The normalized spacial score (nSPS) is 29.3. The van der Waals surface area contributed by atoms with Crippen molar-refractivity contribution in [1.29, 1.82) is 0 Å². The SMILES string of the molecule is C/C=C(/C)C(=O)O[C@@H]1C[C@H](C)[C@@H]2CC(=O)C(C)=C2C[C@@H]1C(C)(C)OC(C)=O. The minimum Gasteiger partial charge on any atom is -0.459 e. The molecule has 27 heavy (non-hydrogen) atoms. The maximum absolute atomic E-state index is 12.5. The predicted molar refractivity (Wildman–Crippen MR) is 103 cm³/mol. The number of ketones is 1. The third-order valence-electron chi connectivity index (χ3n) is 6.25. The van der Waals surface area contributed by atoms with E-state index in [-0.39, 0.29) is 41.6 Å². The predicted octanol–water partition coefficient (Wildman–Crippen LogP) is 4.16. The van der Waals surface area contributed by atoms with Crippen LogP contribution in [0.4, 0.5) is 0 Å². The molecular weight excluding hydrogens is 344 g/mol. The van der Waals surface area contributed by atoms with E-state index in [1.54, 1.807) is 19.9 Å². The number of carbonyl (C=O) groups excluding carboxylic acids is 3. The lowest BCUT2D eigenvalue weighted by molar-refractivity contribution is -0.170. The molecule has 0 aromatic heterocycles. The van der Waals surface area contributed by atoms with Crippen molar-refractivity contribution in [3.63, 3.8) is 0 Å². The molecule has 0 heterocycles. The zero-order chi connectivity index (χ0) is 20.5. The first-order valence-corrected chi connectivity index (χ1v) is 9.74. The molecule has 2 aliphatic carbocycles. The third-order valence-corrected chi connectivity index (χ3v) is 6.25. The van der Waals surface area contributed by atoms with E-state index in [4.69, 9.17) is 9.47 Å². The fourth-order valence-electron chi connectivity index (χ4n) is 4.46. The summed E-state index contributed by atoms with van der Waals surface area (Å²) in [5.74, 6) is -0.323. The molecule has 5 nitrogen and oxygen atoms in total. The van der Waals surface area contributed by atoms with Crippen molar-refractivity contribution < 1.29 is 23.9 Å². The quantitative estimate of drug-likeness (QED) is 0.544. The van der Waals surface area contributed by atoms with E-state index in [9.17, 15) is 14.4 Å². The standard InChI is InChI=1S/C22H32O5/c1-8-12(2)21(25)26-20-9-13(3)16-11-19(24)14(4)17(16)10-18(20)22(6,7)27-15(5)23/h8,13,16,18,20H,9-11H2,1-7H3/b12-8-/t13-,16-,18-,20+/m0/s1. The van der Waals surface area contributed by atoms with E-state index in [1.165, 1.54) is 6.92 Å². The fourth-order valence-corrected chi connectivity index (χ4v) is 4.46. The summed E-state index contributed by atoms with van der Waals surface area (Å²) in [5, 5.41) is 0. The summed E-state index contributed by atoms with van der Waals surface area (Å²) in [5.41, 5.74) is 1.71. The summed E-state index contributed by atoms with van der Waals surface area (Å²) in [6, 6.07) is 0. The lowest BCUT2D eigenvalue weighted by Gasteiger charge is -2.38. The minimum absolute atomic E-state index is 0.180. The van der Waals surface area contributed by atoms with Crippen molar-refractivity contribution in [3.8, 4) is 0 Å². The molecule has 0 amide bonds. The average Bonchev–Trinajstić information content (AvgIpc) is 2.76. The Bertz CT molecular complexity index is 697. The summed E-state index contributed by atoms with van der Waals surface area (Å²) in [4.78, 5) is 36.4. The Hall–Kier alpha value is -1.91. The van der Waals surface area contributed by atoms with Gasteiger partial charge in [-0.25, -0.2) is 4.79 Å². The van der Waals surface area contributed by atoms with Crippen LogP contribution in [0.5, 0.6) is 0 Å². The van der Waals surface area contributed by atoms with Gasteiger partial charge in [0, 0.05) is 24.8 Å². The Morgan fingerprint density at radius 1 is 1.19 bits per heavy atom. The van der Waals surface area contributed by atoms with Crippen LogP contribution < -0.4 is 0 Å². The van der Waals surface area contributed by atoms with Gasteiger partial charge in [-0.1, -0.05) is 18.6 Å². The van der Waals surface area contributed by atoms with Crippen LogP contribution in [-0.2, 0) is 23.9 Å². The maximum Gasteiger partial charge on any atom is 0.333 e. The number of allylic oxidation sites excluding steroid dienone is 3. The highest BCUT2D eigenvalue weighted by Gasteiger charge is 2.47. The fraction of sp³-hybridized carbons (Fsp3) is 0.682. The number of rotatable bonds is 4. The molecule has 0 aliphatic heterocycles. The average molecular weight is 376 g/mol. The van der Waals surface area contributed by atoms with Gasteiger partial charge >= 0.3 is 11.9 Å². The van der Waals surface area contributed by atoms with Gasteiger partial charge in [-0.15, -0.1) is 0 Å². The monoisotopic (exact) mass is 376 g/mol. The molecule has 1 saturated carbocycles. The van der Waals surface area contributed by atoms with Crippen LogP contribution >= 0.6 is 0 Å². The summed E-state index contributed by atoms with van der Waals surface area (Å²) in [6.07, 6.45) is 3.12. The van der Waals surface area contributed by atoms with Crippen LogP contribution in [0.15, 0.2) is 22.8 Å². The number of hydrogen-bond donors (Lipinski definition) is 0. The van der Waals surface area contributed by atoms with Gasteiger partial charge in [-0.2, -0.15) is 0 Å². The van der Waals surface area contributed by atoms with Gasteiger partial charge in [-0.05, 0) is 64.9 Å². The van der Waals surface area contributed by atoms with Crippen molar-refractivity contribution >= 4 is 17.7 Å². The highest BCUT2D eigenvalue weighted by molar-refractivity contribution is 5.98. The van der Waals surface area contributed by atoms with Crippen molar-refractivity contribution in [2.75, 3.05) is 0 Å².